The normalized spacial score (nSPS) is 18.2. The number of carbonyl (C=O) groups excluding carboxylic acids is 1. The number of likely N-dealkylation sites (N-methyl/N-ethyl adjacent to an activating group) is 1. The second-order valence-corrected chi connectivity index (χ2v) is 4.23. The zero-order valence-corrected chi connectivity index (χ0v) is 10.1. The summed E-state index contributed by atoms with van der Waals surface area (Å²) in [6, 6.07) is -1.92. The van der Waals surface area contributed by atoms with Gasteiger partial charge in [-0.25, -0.2) is 9.59 Å². The van der Waals surface area contributed by atoms with Gasteiger partial charge in [0.05, 0.1) is 6.42 Å². The number of nitrogens with one attached hydrogen (secondary N) is 1. The average Bonchev–Trinajstić information content (AvgIpc) is 2.28. The molecule has 1 saturated heterocycles. The van der Waals surface area contributed by atoms with E-state index in [9.17, 15) is 14.4 Å². The van der Waals surface area contributed by atoms with Crippen molar-refractivity contribution in [2.75, 3.05) is 33.2 Å². The molecule has 0 aromatic heterocycles. The summed E-state index contributed by atoms with van der Waals surface area (Å²) in [5.74, 6) is -2.61. The van der Waals surface area contributed by atoms with E-state index in [-0.39, 0.29) is 0 Å². The van der Waals surface area contributed by atoms with Crippen LogP contribution in [0.1, 0.15) is 6.42 Å². The number of piperazine rings is 1. The molecule has 1 aliphatic rings. The molecule has 0 bridgehead atoms. The Morgan fingerprint density at radius 2 is 1.72 bits per heavy atom. The first-order valence-corrected chi connectivity index (χ1v) is 5.58. The van der Waals surface area contributed by atoms with Crippen LogP contribution in [0.25, 0.3) is 0 Å². The molecule has 1 rings (SSSR count). The minimum atomic E-state index is -1.39. The molecule has 0 aromatic rings. The van der Waals surface area contributed by atoms with Crippen molar-refractivity contribution in [1.29, 1.82) is 0 Å². The van der Waals surface area contributed by atoms with Gasteiger partial charge < -0.3 is 25.3 Å². The van der Waals surface area contributed by atoms with E-state index in [2.05, 4.69) is 10.2 Å². The Kier molecular flexibility index (Phi) is 4.90. The summed E-state index contributed by atoms with van der Waals surface area (Å²) in [7, 11) is 1.93. The highest BCUT2D eigenvalue weighted by Crippen LogP contribution is 2.01. The van der Waals surface area contributed by atoms with E-state index >= 15 is 0 Å². The predicted molar refractivity (Wildman–Crippen MR) is 61.3 cm³/mol. The Bertz CT molecular complexity index is 338. The fourth-order valence-corrected chi connectivity index (χ4v) is 1.62. The maximum absolute atomic E-state index is 11.7. The van der Waals surface area contributed by atoms with Gasteiger partial charge in [0.25, 0.3) is 0 Å². The van der Waals surface area contributed by atoms with Gasteiger partial charge in [0.15, 0.2) is 0 Å². The van der Waals surface area contributed by atoms with Crippen molar-refractivity contribution in [3.8, 4) is 0 Å². The summed E-state index contributed by atoms with van der Waals surface area (Å²) in [5, 5.41) is 19.6. The van der Waals surface area contributed by atoms with Crippen LogP contribution >= 0.6 is 0 Å². The molecule has 1 aliphatic heterocycles. The van der Waals surface area contributed by atoms with Gasteiger partial charge >= 0.3 is 18.0 Å². The van der Waals surface area contributed by atoms with Crippen molar-refractivity contribution in [1.82, 2.24) is 15.1 Å². The molecule has 3 N–H and O–H groups in total. The van der Waals surface area contributed by atoms with Gasteiger partial charge in [-0.2, -0.15) is 0 Å². The van der Waals surface area contributed by atoms with Crippen LogP contribution in [0.5, 0.6) is 0 Å². The van der Waals surface area contributed by atoms with Crippen LogP contribution in [0.3, 0.4) is 0 Å². The first kappa shape index (κ1) is 14.2. The van der Waals surface area contributed by atoms with Crippen molar-refractivity contribution >= 4 is 18.0 Å². The fraction of sp³-hybridized carbons (Fsp3) is 0.700. The lowest BCUT2D eigenvalue weighted by atomic mass is 10.2. The number of carboxylic acids is 2. The van der Waals surface area contributed by atoms with Crippen molar-refractivity contribution < 1.29 is 24.6 Å². The third-order valence-corrected chi connectivity index (χ3v) is 2.77. The average molecular weight is 259 g/mol. The number of hydrogen-bond donors (Lipinski definition) is 3. The van der Waals surface area contributed by atoms with Gasteiger partial charge in [-0.15, -0.1) is 0 Å². The maximum Gasteiger partial charge on any atom is 0.326 e. The molecule has 1 atom stereocenters. The van der Waals surface area contributed by atoms with Crippen molar-refractivity contribution in [3.05, 3.63) is 0 Å². The molecule has 0 aromatic carbocycles. The highest BCUT2D eigenvalue weighted by atomic mass is 16.4. The Morgan fingerprint density at radius 1 is 1.17 bits per heavy atom. The van der Waals surface area contributed by atoms with E-state index in [1.165, 1.54) is 4.90 Å². The van der Waals surface area contributed by atoms with E-state index < -0.39 is 30.4 Å². The Labute approximate surface area is 104 Å². The third kappa shape index (κ3) is 4.21. The van der Waals surface area contributed by atoms with Gasteiger partial charge in [-0.05, 0) is 7.05 Å². The molecular weight excluding hydrogens is 242 g/mol. The standard InChI is InChI=1S/C10H17N3O5/c1-12-2-4-13(5-3-12)10(18)11-7(9(16)17)6-8(14)15/h7H,2-6H2,1H3,(H,11,18)(H,14,15)(H,16,17)/t7-/m0/s1. The maximum atomic E-state index is 11.7. The molecule has 2 amide bonds. The van der Waals surface area contributed by atoms with Crippen LogP contribution in [0, 0.1) is 0 Å². The van der Waals surface area contributed by atoms with Crippen LogP contribution in [0.15, 0.2) is 0 Å². The van der Waals surface area contributed by atoms with Crippen molar-refractivity contribution in [3.63, 3.8) is 0 Å². The van der Waals surface area contributed by atoms with Crippen LogP contribution < -0.4 is 5.32 Å². The van der Waals surface area contributed by atoms with Gasteiger partial charge in [0, 0.05) is 26.2 Å². The van der Waals surface area contributed by atoms with Gasteiger partial charge in [-0.1, -0.05) is 0 Å². The summed E-state index contributed by atoms with van der Waals surface area (Å²) in [4.78, 5) is 36.6. The highest BCUT2D eigenvalue weighted by molar-refractivity contribution is 5.86. The number of amides is 2. The minimum absolute atomic E-state index is 0.502. The Balaban J connectivity index is 2.50. The highest BCUT2D eigenvalue weighted by Gasteiger charge is 2.26. The molecule has 0 aliphatic carbocycles. The zero-order valence-electron chi connectivity index (χ0n) is 10.1. The first-order chi connectivity index (χ1) is 8.40. The summed E-state index contributed by atoms with van der Waals surface area (Å²) < 4.78 is 0. The lowest BCUT2D eigenvalue weighted by molar-refractivity contribution is -0.145. The quantitative estimate of drug-likeness (QED) is 0.589. The molecule has 0 spiro atoms. The van der Waals surface area contributed by atoms with E-state index in [4.69, 9.17) is 10.2 Å². The van der Waals surface area contributed by atoms with E-state index in [0.29, 0.717) is 26.2 Å². The SMILES string of the molecule is CN1CCN(C(=O)N[C@@H](CC(=O)O)C(=O)O)CC1. The number of carbonyl (C=O) groups is 3. The zero-order chi connectivity index (χ0) is 13.7. The third-order valence-electron chi connectivity index (χ3n) is 2.77. The molecule has 1 fully saturated rings. The smallest absolute Gasteiger partial charge is 0.326 e. The predicted octanol–water partition coefficient (Wildman–Crippen LogP) is -1.13. The number of urea groups is 1. The lowest BCUT2D eigenvalue weighted by Gasteiger charge is -2.33. The van der Waals surface area contributed by atoms with Crippen LogP contribution in [0.2, 0.25) is 0 Å². The van der Waals surface area contributed by atoms with Crippen molar-refractivity contribution in [2.45, 2.75) is 12.5 Å². The molecule has 1 heterocycles. The molecule has 8 nitrogen and oxygen atoms in total. The Hall–Kier alpha value is -1.83. The monoisotopic (exact) mass is 259 g/mol. The van der Waals surface area contributed by atoms with E-state index in [0.717, 1.165) is 0 Å². The summed E-state index contributed by atoms with van der Waals surface area (Å²) >= 11 is 0. The van der Waals surface area contributed by atoms with Crippen LogP contribution in [-0.4, -0.2) is 77.3 Å². The molecule has 0 saturated carbocycles. The van der Waals surface area contributed by atoms with E-state index in [1.54, 1.807) is 0 Å². The Morgan fingerprint density at radius 3 is 2.17 bits per heavy atom. The molecule has 0 radical (unpaired) electrons. The second kappa shape index (κ2) is 6.20. The molecule has 0 unspecified atom stereocenters. The lowest BCUT2D eigenvalue weighted by Crippen LogP contribution is -2.54. The minimum Gasteiger partial charge on any atom is -0.481 e. The molecule has 8 heteroatoms. The van der Waals surface area contributed by atoms with Crippen molar-refractivity contribution in [2.24, 2.45) is 0 Å². The second-order valence-electron chi connectivity index (χ2n) is 4.23. The number of nitrogens with zero attached hydrogens (tertiary/aromatic N) is 2. The molecule has 18 heavy (non-hydrogen) atoms. The largest absolute Gasteiger partial charge is 0.481 e. The number of rotatable bonds is 4. The summed E-state index contributed by atoms with van der Waals surface area (Å²) in [6.07, 6.45) is -0.630. The van der Waals surface area contributed by atoms with E-state index in [1.807, 2.05) is 7.05 Å². The molecule has 102 valence electrons. The summed E-state index contributed by atoms with van der Waals surface area (Å²) in [6.45, 7) is 2.43. The van der Waals surface area contributed by atoms with Crippen LogP contribution in [0.4, 0.5) is 4.79 Å². The topological polar surface area (TPSA) is 110 Å². The van der Waals surface area contributed by atoms with Crippen LogP contribution in [-0.2, 0) is 9.59 Å². The van der Waals surface area contributed by atoms with Gasteiger partial charge in [0.2, 0.25) is 0 Å². The first-order valence-electron chi connectivity index (χ1n) is 5.58. The van der Waals surface area contributed by atoms with Gasteiger partial charge in [0.1, 0.15) is 6.04 Å². The number of carboxylic acid groups (broad SMARTS) is 2. The number of aliphatic carboxylic acids is 2. The fourth-order valence-electron chi connectivity index (χ4n) is 1.62. The molecular formula is C10H17N3O5. The number of hydrogen-bond acceptors (Lipinski definition) is 4. The van der Waals surface area contributed by atoms with Gasteiger partial charge in [-0.3, -0.25) is 4.79 Å². The summed E-state index contributed by atoms with van der Waals surface area (Å²) in [5.41, 5.74) is 0.